The molecule has 2 heterocycles. The standard InChI is InChI=1S/C17H22N8.HI/c1-3-12-4-6-13(7-5-12)24-17(18)20-9-8-19-15-14-10-23-25(2)16(14)22-11-21-15;/h4-7,10-11H,3,8-9H2,1-2H3,(H3,18,20,24)(H,19,21,22);1H. The van der Waals surface area contributed by atoms with Crippen LogP contribution in [-0.2, 0) is 13.5 Å². The van der Waals surface area contributed by atoms with Crippen molar-refractivity contribution in [2.75, 3.05) is 23.7 Å². The van der Waals surface area contributed by atoms with E-state index in [-0.39, 0.29) is 24.0 Å². The molecule has 0 fully saturated rings. The maximum absolute atomic E-state index is 5.92. The van der Waals surface area contributed by atoms with E-state index in [4.69, 9.17) is 5.73 Å². The van der Waals surface area contributed by atoms with Crippen LogP contribution in [0.2, 0.25) is 0 Å². The number of halogens is 1. The summed E-state index contributed by atoms with van der Waals surface area (Å²) in [5, 5.41) is 11.4. The molecule has 3 aromatic rings. The predicted octanol–water partition coefficient (Wildman–Crippen LogP) is 2.38. The highest BCUT2D eigenvalue weighted by molar-refractivity contribution is 14.0. The van der Waals surface area contributed by atoms with Gasteiger partial charge in [0.2, 0.25) is 0 Å². The highest BCUT2D eigenvalue weighted by Gasteiger charge is 2.06. The number of hydrogen-bond donors (Lipinski definition) is 3. The molecule has 0 aliphatic rings. The molecule has 0 atom stereocenters. The molecule has 26 heavy (non-hydrogen) atoms. The summed E-state index contributed by atoms with van der Waals surface area (Å²) in [6.07, 6.45) is 4.28. The first-order valence-electron chi connectivity index (χ1n) is 8.20. The van der Waals surface area contributed by atoms with Crippen molar-refractivity contribution in [3.8, 4) is 0 Å². The van der Waals surface area contributed by atoms with Crippen molar-refractivity contribution in [2.24, 2.45) is 17.8 Å². The molecular formula is C17H23IN8. The van der Waals surface area contributed by atoms with Crippen molar-refractivity contribution < 1.29 is 0 Å². The highest BCUT2D eigenvalue weighted by Crippen LogP contribution is 2.17. The first-order chi connectivity index (χ1) is 12.2. The third-order valence-electron chi connectivity index (χ3n) is 3.85. The smallest absolute Gasteiger partial charge is 0.193 e. The number of guanidine groups is 1. The Bertz CT molecular complexity index is 872. The van der Waals surface area contributed by atoms with E-state index in [0.29, 0.717) is 19.0 Å². The van der Waals surface area contributed by atoms with Crippen molar-refractivity contribution in [1.82, 2.24) is 19.7 Å². The lowest BCUT2D eigenvalue weighted by Crippen LogP contribution is -2.23. The number of nitrogens with two attached hydrogens (primary N) is 1. The van der Waals surface area contributed by atoms with Crippen LogP contribution in [0.15, 0.2) is 41.8 Å². The van der Waals surface area contributed by atoms with Gasteiger partial charge in [0.15, 0.2) is 11.6 Å². The second-order valence-electron chi connectivity index (χ2n) is 5.60. The van der Waals surface area contributed by atoms with Crippen LogP contribution in [0.25, 0.3) is 11.0 Å². The fourth-order valence-electron chi connectivity index (χ4n) is 2.46. The Hall–Kier alpha value is -2.43. The zero-order valence-corrected chi connectivity index (χ0v) is 17.1. The summed E-state index contributed by atoms with van der Waals surface area (Å²) in [4.78, 5) is 12.8. The first-order valence-corrected chi connectivity index (χ1v) is 8.20. The number of hydrogen-bond acceptors (Lipinski definition) is 5. The number of nitrogens with one attached hydrogen (secondary N) is 2. The third kappa shape index (κ3) is 4.81. The maximum Gasteiger partial charge on any atom is 0.193 e. The summed E-state index contributed by atoms with van der Waals surface area (Å²) < 4.78 is 1.71. The van der Waals surface area contributed by atoms with Gasteiger partial charge >= 0.3 is 0 Å². The predicted molar refractivity (Wildman–Crippen MR) is 116 cm³/mol. The topological polar surface area (TPSA) is 106 Å². The van der Waals surface area contributed by atoms with Crippen LogP contribution in [0.3, 0.4) is 0 Å². The van der Waals surface area contributed by atoms with E-state index < -0.39 is 0 Å². The summed E-state index contributed by atoms with van der Waals surface area (Å²) >= 11 is 0. The number of fused-ring (bicyclic) bond motifs is 1. The molecule has 0 unspecified atom stereocenters. The Morgan fingerprint density at radius 2 is 2.00 bits per heavy atom. The van der Waals surface area contributed by atoms with E-state index in [1.54, 1.807) is 10.9 Å². The number of aliphatic imine (C=N–C) groups is 1. The molecule has 138 valence electrons. The minimum absolute atomic E-state index is 0. The van der Waals surface area contributed by atoms with Gasteiger partial charge in [-0.3, -0.25) is 9.67 Å². The number of benzene rings is 1. The van der Waals surface area contributed by atoms with Gasteiger partial charge in [0.05, 0.1) is 18.1 Å². The Morgan fingerprint density at radius 1 is 1.23 bits per heavy atom. The molecule has 0 bridgehead atoms. The molecule has 1 aromatic carbocycles. The molecule has 0 aliphatic heterocycles. The fourth-order valence-corrected chi connectivity index (χ4v) is 2.46. The maximum atomic E-state index is 5.92. The van der Waals surface area contributed by atoms with E-state index >= 15 is 0 Å². The molecule has 9 heteroatoms. The lowest BCUT2D eigenvalue weighted by Gasteiger charge is -2.07. The normalized spacial score (nSPS) is 11.2. The second kappa shape index (κ2) is 9.32. The molecule has 0 spiro atoms. The SMILES string of the molecule is CCc1ccc(NC(N)=NCCNc2ncnc3c2cnn3C)cc1.I. The van der Waals surface area contributed by atoms with Gasteiger partial charge in [-0.15, -0.1) is 24.0 Å². The molecule has 2 aromatic heterocycles. The summed E-state index contributed by atoms with van der Waals surface area (Å²) in [6.45, 7) is 3.26. The quantitative estimate of drug-likeness (QED) is 0.223. The number of rotatable bonds is 6. The molecule has 3 rings (SSSR count). The summed E-state index contributed by atoms with van der Waals surface area (Å²) in [5.74, 6) is 1.13. The fraction of sp³-hybridized carbons (Fsp3) is 0.294. The summed E-state index contributed by atoms with van der Waals surface area (Å²) in [6, 6.07) is 8.15. The zero-order chi connectivity index (χ0) is 17.6. The van der Waals surface area contributed by atoms with Crippen molar-refractivity contribution in [3.05, 3.63) is 42.4 Å². The molecule has 0 saturated carbocycles. The van der Waals surface area contributed by atoms with E-state index in [9.17, 15) is 0 Å². The molecule has 0 aliphatic carbocycles. The van der Waals surface area contributed by atoms with Gasteiger partial charge in [0.1, 0.15) is 12.1 Å². The molecule has 0 radical (unpaired) electrons. The van der Waals surface area contributed by atoms with Gasteiger partial charge in [-0.25, -0.2) is 9.97 Å². The van der Waals surface area contributed by atoms with Gasteiger partial charge in [-0.05, 0) is 24.1 Å². The molecule has 4 N–H and O–H groups in total. The monoisotopic (exact) mass is 466 g/mol. The van der Waals surface area contributed by atoms with Crippen LogP contribution in [0.1, 0.15) is 12.5 Å². The molecule has 8 nitrogen and oxygen atoms in total. The Labute approximate surface area is 169 Å². The van der Waals surface area contributed by atoms with Gasteiger partial charge in [-0.1, -0.05) is 19.1 Å². The van der Waals surface area contributed by atoms with Gasteiger partial charge in [0.25, 0.3) is 0 Å². The average molecular weight is 466 g/mol. The number of anilines is 2. The Morgan fingerprint density at radius 3 is 2.73 bits per heavy atom. The molecular weight excluding hydrogens is 443 g/mol. The lowest BCUT2D eigenvalue weighted by atomic mass is 10.1. The first kappa shape index (κ1) is 19.9. The number of nitrogens with zero attached hydrogens (tertiary/aromatic N) is 5. The van der Waals surface area contributed by atoms with Gasteiger partial charge < -0.3 is 16.4 Å². The van der Waals surface area contributed by atoms with E-state index in [0.717, 1.165) is 29.0 Å². The minimum atomic E-state index is 0. The molecule has 0 saturated heterocycles. The zero-order valence-electron chi connectivity index (χ0n) is 14.8. The average Bonchev–Trinajstić information content (AvgIpc) is 3.01. The highest BCUT2D eigenvalue weighted by atomic mass is 127. The number of aromatic nitrogens is 4. The van der Waals surface area contributed by atoms with Crippen molar-refractivity contribution >= 4 is 52.5 Å². The van der Waals surface area contributed by atoms with Crippen LogP contribution in [0.5, 0.6) is 0 Å². The van der Waals surface area contributed by atoms with Crippen molar-refractivity contribution in [2.45, 2.75) is 13.3 Å². The van der Waals surface area contributed by atoms with E-state index in [2.05, 4.69) is 49.7 Å². The summed E-state index contributed by atoms with van der Waals surface area (Å²) in [7, 11) is 1.85. The van der Waals surface area contributed by atoms with Gasteiger partial charge in [-0.2, -0.15) is 5.10 Å². The van der Waals surface area contributed by atoms with Crippen LogP contribution in [0.4, 0.5) is 11.5 Å². The van der Waals surface area contributed by atoms with Crippen LogP contribution in [-0.4, -0.2) is 38.8 Å². The minimum Gasteiger partial charge on any atom is -0.370 e. The van der Waals surface area contributed by atoms with Crippen LogP contribution < -0.4 is 16.4 Å². The number of aryl methyl sites for hydroxylation is 2. The lowest BCUT2D eigenvalue weighted by molar-refractivity contribution is 0.785. The van der Waals surface area contributed by atoms with Gasteiger partial charge in [0, 0.05) is 19.3 Å². The van der Waals surface area contributed by atoms with Crippen molar-refractivity contribution in [3.63, 3.8) is 0 Å². The third-order valence-corrected chi connectivity index (χ3v) is 3.85. The van der Waals surface area contributed by atoms with E-state index in [1.807, 2.05) is 19.2 Å². The summed E-state index contributed by atoms with van der Waals surface area (Å²) in [5.41, 5.74) is 8.93. The second-order valence-corrected chi connectivity index (χ2v) is 5.60. The van der Waals surface area contributed by atoms with Crippen molar-refractivity contribution in [1.29, 1.82) is 0 Å². The van der Waals surface area contributed by atoms with Crippen LogP contribution >= 0.6 is 24.0 Å². The largest absolute Gasteiger partial charge is 0.370 e. The van der Waals surface area contributed by atoms with E-state index in [1.165, 1.54) is 11.9 Å². The Kier molecular flexibility index (Phi) is 7.13. The Balaban J connectivity index is 0.00000243. The molecule has 0 amide bonds. The van der Waals surface area contributed by atoms with Crippen LogP contribution in [0, 0.1) is 0 Å².